The Kier molecular flexibility index (Phi) is 6.46. The summed E-state index contributed by atoms with van der Waals surface area (Å²) in [6.07, 6.45) is 0. The molecule has 2 aliphatic carbocycles. The van der Waals surface area contributed by atoms with E-state index in [0.717, 1.165) is 44.8 Å². The molecule has 8 aromatic carbocycles. The lowest BCUT2D eigenvalue weighted by molar-refractivity contribution is 0.657. The molecule has 3 nitrogen and oxygen atoms in total. The van der Waals surface area contributed by atoms with Crippen LogP contribution in [-0.2, 0) is 10.8 Å². The van der Waals surface area contributed by atoms with Gasteiger partial charge in [0.05, 0.1) is 11.0 Å². The molecule has 57 heavy (non-hydrogen) atoms. The van der Waals surface area contributed by atoms with Crippen molar-refractivity contribution in [3.63, 3.8) is 0 Å². The summed E-state index contributed by atoms with van der Waals surface area (Å²) < 4.78 is 9.30. The number of oxazole rings is 1. The molecule has 2 aromatic heterocycles. The van der Waals surface area contributed by atoms with Gasteiger partial charge < -0.3 is 9.32 Å². The Morgan fingerprint density at radius 2 is 0.982 bits per heavy atom. The zero-order valence-corrected chi connectivity index (χ0v) is 32.5. The second-order valence-electron chi connectivity index (χ2n) is 17.0. The van der Waals surface area contributed by atoms with Crippen molar-refractivity contribution in [3.8, 4) is 33.4 Å². The van der Waals surface area contributed by atoms with Gasteiger partial charge in [-0.1, -0.05) is 143 Å². The molecule has 10 aromatic rings. The molecular weight excluding hydrogens is 693 g/mol. The number of hydrogen-bond acceptors (Lipinski definition) is 2. The third-order valence-electron chi connectivity index (χ3n) is 13.2. The standard InChI is InChI=1S/C54H40N2O/c1-53(2)44-17-9-7-15-39(44)41-26-24-37(31-46(41)53)55(38-25-27-42-40-16-8-10-18-45(40)54(3,4)47(42)32-38)51-43-30-36(35-22-21-33-13-5-6-14-34(33)29-35)23-28-48(43)56-49-19-11-12-20-50(49)57-52(51)56/h5-32H,1-4H3. The van der Waals surface area contributed by atoms with Crippen LogP contribution in [0.25, 0.3) is 71.9 Å². The average molecular weight is 733 g/mol. The van der Waals surface area contributed by atoms with Crippen molar-refractivity contribution in [3.05, 3.63) is 192 Å². The largest absolute Gasteiger partial charge is 0.436 e. The van der Waals surface area contributed by atoms with Gasteiger partial charge in [-0.3, -0.25) is 4.40 Å². The molecular formula is C54H40N2O. The SMILES string of the molecule is CC1(C)c2ccccc2-c2ccc(N(c3ccc4c(c3)C(C)(C)c3ccccc3-4)c3c4cc(-c5ccc6ccccc6c5)ccc4n4c3oc3ccccc34)cc21. The predicted molar refractivity (Wildman–Crippen MR) is 237 cm³/mol. The Morgan fingerprint density at radius 1 is 0.439 bits per heavy atom. The number of aromatic nitrogens is 1. The number of rotatable bonds is 4. The van der Waals surface area contributed by atoms with E-state index in [4.69, 9.17) is 4.42 Å². The molecule has 0 unspecified atom stereocenters. The van der Waals surface area contributed by atoms with Crippen molar-refractivity contribution < 1.29 is 4.42 Å². The van der Waals surface area contributed by atoms with Crippen molar-refractivity contribution in [2.45, 2.75) is 38.5 Å². The average Bonchev–Trinajstić information content (AvgIpc) is 3.91. The van der Waals surface area contributed by atoms with Gasteiger partial charge in [0.1, 0.15) is 5.69 Å². The minimum Gasteiger partial charge on any atom is -0.436 e. The van der Waals surface area contributed by atoms with Crippen molar-refractivity contribution in [1.82, 2.24) is 4.40 Å². The lowest BCUT2D eigenvalue weighted by Gasteiger charge is -2.29. The van der Waals surface area contributed by atoms with E-state index in [9.17, 15) is 0 Å². The summed E-state index contributed by atoms with van der Waals surface area (Å²) in [6.45, 7) is 9.45. The third kappa shape index (κ3) is 4.43. The van der Waals surface area contributed by atoms with E-state index in [-0.39, 0.29) is 10.8 Å². The van der Waals surface area contributed by atoms with E-state index < -0.39 is 0 Å². The predicted octanol–water partition coefficient (Wildman–Crippen LogP) is 14.7. The summed E-state index contributed by atoms with van der Waals surface area (Å²) in [6, 6.07) is 62.7. The molecule has 0 spiro atoms. The minimum absolute atomic E-state index is 0.157. The molecule has 2 heterocycles. The molecule has 0 aliphatic heterocycles. The fourth-order valence-electron chi connectivity index (χ4n) is 10.3. The molecule has 0 amide bonds. The maximum Gasteiger partial charge on any atom is 0.230 e. The van der Waals surface area contributed by atoms with E-state index in [0.29, 0.717) is 0 Å². The maximum atomic E-state index is 6.99. The Bertz CT molecular complexity index is 3210. The number of hydrogen-bond donors (Lipinski definition) is 0. The Labute approximate surface area is 332 Å². The van der Waals surface area contributed by atoms with Crippen LogP contribution in [0.3, 0.4) is 0 Å². The van der Waals surface area contributed by atoms with Gasteiger partial charge in [-0.15, -0.1) is 0 Å². The first-order chi connectivity index (χ1) is 27.8. The second-order valence-corrected chi connectivity index (χ2v) is 17.0. The van der Waals surface area contributed by atoms with Crippen LogP contribution in [0, 0.1) is 0 Å². The normalized spacial score (nSPS) is 14.6. The summed E-state index contributed by atoms with van der Waals surface area (Å²) in [5.41, 5.74) is 19.8. The van der Waals surface area contributed by atoms with Gasteiger partial charge in [-0.2, -0.15) is 0 Å². The number of benzene rings is 8. The number of anilines is 3. The molecule has 0 saturated carbocycles. The molecule has 2 aliphatic rings. The van der Waals surface area contributed by atoms with Crippen LogP contribution in [0.2, 0.25) is 0 Å². The van der Waals surface area contributed by atoms with E-state index in [2.05, 4.69) is 207 Å². The highest BCUT2D eigenvalue weighted by atomic mass is 16.3. The third-order valence-corrected chi connectivity index (χ3v) is 13.2. The van der Waals surface area contributed by atoms with Crippen LogP contribution in [0.1, 0.15) is 49.9 Å². The van der Waals surface area contributed by atoms with Crippen LogP contribution in [-0.4, -0.2) is 4.40 Å². The van der Waals surface area contributed by atoms with Gasteiger partial charge in [-0.25, -0.2) is 0 Å². The minimum atomic E-state index is -0.157. The summed E-state index contributed by atoms with van der Waals surface area (Å²) in [5, 5.41) is 3.61. The first kappa shape index (κ1) is 32.4. The van der Waals surface area contributed by atoms with Crippen LogP contribution in [0.5, 0.6) is 0 Å². The summed E-state index contributed by atoms with van der Waals surface area (Å²) in [4.78, 5) is 2.48. The van der Waals surface area contributed by atoms with Gasteiger partial charge in [0.15, 0.2) is 5.58 Å². The molecule has 272 valence electrons. The van der Waals surface area contributed by atoms with E-state index in [1.54, 1.807) is 0 Å². The van der Waals surface area contributed by atoms with Gasteiger partial charge in [0.25, 0.3) is 0 Å². The van der Waals surface area contributed by atoms with Crippen LogP contribution < -0.4 is 4.90 Å². The monoisotopic (exact) mass is 732 g/mol. The fraction of sp³-hybridized carbons (Fsp3) is 0.111. The van der Waals surface area contributed by atoms with Crippen molar-refractivity contribution in [1.29, 1.82) is 0 Å². The highest BCUT2D eigenvalue weighted by Gasteiger charge is 2.38. The second kappa shape index (κ2) is 11.4. The van der Waals surface area contributed by atoms with E-state index >= 15 is 0 Å². The van der Waals surface area contributed by atoms with E-state index in [1.165, 1.54) is 66.4 Å². The number of nitrogens with zero attached hydrogens (tertiary/aromatic N) is 2. The van der Waals surface area contributed by atoms with Gasteiger partial charge in [0, 0.05) is 27.6 Å². The molecule has 12 rings (SSSR count). The van der Waals surface area contributed by atoms with Gasteiger partial charge in [-0.05, 0) is 121 Å². The molecule has 0 N–H and O–H groups in total. The zero-order valence-electron chi connectivity index (χ0n) is 32.5. The Balaban J connectivity index is 1.16. The fourth-order valence-corrected chi connectivity index (χ4v) is 10.3. The molecule has 0 radical (unpaired) electrons. The molecule has 0 saturated heterocycles. The molecule has 0 bridgehead atoms. The van der Waals surface area contributed by atoms with Crippen molar-refractivity contribution in [2.24, 2.45) is 0 Å². The Hall–Kier alpha value is -6.84. The van der Waals surface area contributed by atoms with Gasteiger partial charge >= 0.3 is 0 Å². The summed E-state index contributed by atoms with van der Waals surface area (Å²) in [5.74, 6) is 0. The first-order valence-corrected chi connectivity index (χ1v) is 20.0. The number of para-hydroxylation sites is 2. The number of fused-ring (bicyclic) bond motifs is 12. The van der Waals surface area contributed by atoms with Crippen molar-refractivity contribution >= 4 is 55.6 Å². The lowest BCUT2D eigenvalue weighted by atomic mass is 9.82. The topological polar surface area (TPSA) is 20.8 Å². The highest BCUT2D eigenvalue weighted by Crippen LogP contribution is 2.54. The van der Waals surface area contributed by atoms with Crippen molar-refractivity contribution in [2.75, 3.05) is 4.90 Å². The molecule has 0 atom stereocenters. The molecule has 3 heteroatoms. The summed E-state index contributed by atoms with van der Waals surface area (Å²) >= 11 is 0. The zero-order chi connectivity index (χ0) is 38.2. The van der Waals surface area contributed by atoms with Crippen LogP contribution >= 0.6 is 0 Å². The quantitative estimate of drug-likeness (QED) is 0.180. The van der Waals surface area contributed by atoms with Crippen LogP contribution in [0.4, 0.5) is 17.1 Å². The molecule has 0 fully saturated rings. The Morgan fingerprint density at radius 3 is 1.67 bits per heavy atom. The highest BCUT2D eigenvalue weighted by molar-refractivity contribution is 6.10. The maximum absolute atomic E-state index is 6.99. The summed E-state index contributed by atoms with van der Waals surface area (Å²) in [7, 11) is 0. The first-order valence-electron chi connectivity index (χ1n) is 20.0. The van der Waals surface area contributed by atoms with Crippen LogP contribution in [0.15, 0.2) is 174 Å². The lowest BCUT2D eigenvalue weighted by Crippen LogP contribution is -2.18. The van der Waals surface area contributed by atoms with E-state index in [1.807, 2.05) is 0 Å². The smallest absolute Gasteiger partial charge is 0.230 e. The van der Waals surface area contributed by atoms with Gasteiger partial charge in [0.2, 0.25) is 5.71 Å².